The summed E-state index contributed by atoms with van der Waals surface area (Å²) >= 11 is 4.24. The number of halogens is 1. The van der Waals surface area contributed by atoms with Crippen molar-refractivity contribution in [1.29, 1.82) is 0 Å². The third kappa shape index (κ3) is 7.72. The third-order valence-corrected chi connectivity index (χ3v) is 9.31. The first-order valence-electron chi connectivity index (χ1n) is 14.5. The van der Waals surface area contributed by atoms with Gasteiger partial charge in [0, 0.05) is 23.2 Å². The van der Waals surface area contributed by atoms with Crippen LogP contribution in [0.2, 0.25) is 0 Å². The van der Waals surface area contributed by atoms with Crippen molar-refractivity contribution in [3.63, 3.8) is 0 Å². The van der Waals surface area contributed by atoms with Gasteiger partial charge in [0.2, 0.25) is 5.91 Å². The molecule has 2 fully saturated rings. The lowest BCUT2D eigenvalue weighted by atomic mass is 10.1. The molecule has 2 aliphatic heterocycles. The van der Waals surface area contributed by atoms with Crippen molar-refractivity contribution in [3.05, 3.63) is 80.7 Å². The number of methoxy groups -OCH3 is 1. The van der Waals surface area contributed by atoms with Gasteiger partial charge in [0.1, 0.15) is 6.54 Å². The summed E-state index contributed by atoms with van der Waals surface area (Å²) < 4.78 is 17.6. The Labute approximate surface area is 279 Å². The van der Waals surface area contributed by atoms with Gasteiger partial charge in [-0.05, 0) is 84.8 Å². The summed E-state index contributed by atoms with van der Waals surface area (Å²) in [4.78, 5) is 54.6. The lowest BCUT2D eigenvalue weighted by molar-refractivity contribution is -0.127. The van der Waals surface area contributed by atoms with Crippen molar-refractivity contribution >= 4 is 73.8 Å². The molecule has 2 aliphatic rings. The monoisotopic (exact) mass is 708 g/mol. The molecule has 0 radical (unpaired) electrons. The van der Waals surface area contributed by atoms with Crippen molar-refractivity contribution < 1.29 is 33.4 Å². The Hall–Kier alpha value is -4.33. The van der Waals surface area contributed by atoms with Crippen LogP contribution in [0.4, 0.5) is 21.9 Å². The lowest BCUT2D eigenvalue weighted by Gasteiger charge is -2.30. The lowest BCUT2D eigenvalue weighted by Crippen LogP contribution is -2.38. The molecule has 4 amide bonds. The summed E-state index contributed by atoms with van der Waals surface area (Å²) in [6, 6.07) is 16.0. The second kappa shape index (κ2) is 14.8. The molecule has 13 heteroatoms. The minimum atomic E-state index is -0.568. The van der Waals surface area contributed by atoms with Crippen LogP contribution >= 0.6 is 27.7 Å². The molecule has 2 N–H and O–H groups in total. The van der Waals surface area contributed by atoms with Gasteiger partial charge < -0.3 is 29.7 Å². The predicted molar refractivity (Wildman–Crippen MR) is 182 cm³/mol. The van der Waals surface area contributed by atoms with E-state index in [0.717, 1.165) is 37.9 Å². The van der Waals surface area contributed by atoms with E-state index in [9.17, 15) is 19.2 Å². The highest BCUT2D eigenvalue weighted by molar-refractivity contribution is 9.10. The van der Waals surface area contributed by atoms with Gasteiger partial charge in [0.05, 0.1) is 36.6 Å². The highest BCUT2D eigenvalue weighted by atomic mass is 79.9. The topological polar surface area (TPSA) is 127 Å². The van der Waals surface area contributed by atoms with Crippen LogP contribution in [-0.2, 0) is 19.1 Å². The molecule has 3 aromatic rings. The molecule has 0 aliphatic carbocycles. The zero-order chi connectivity index (χ0) is 32.8. The molecule has 2 heterocycles. The number of ether oxygens (including phenoxy) is 3. The summed E-state index contributed by atoms with van der Waals surface area (Å²) in [6.45, 7) is 5.80. The van der Waals surface area contributed by atoms with Gasteiger partial charge in [-0.3, -0.25) is 24.1 Å². The number of hydrogen-bond donors (Lipinski definition) is 2. The number of anilines is 3. The van der Waals surface area contributed by atoms with Crippen LogP contribution in [0, 0.1) is 13.8 Å². The van der Waals surface area contributed by atoms with E-state index < -0.39 is 23.6 Å². The van der Waals surface area contributed by atoms with Crippen LogP contribution in [0.3, 0.4) is 0 Å². The van der Waals surface area contributed by atoms with Crippen LogP contribution in [0.15, 0.2) is 64.0 Å². The van der Waals surface area contributed by atoms with E-state index in [2.05, 4.69) is 31.5 Å². The van der Waals surface area contributed by atoms with Crippen LogP contribution < -0.4 is 25.0 Å². The Morgan fingerprint density at radius 2 is 1.70 bits per heavy atom. The highest BCUT2D eigenvalue weighted by Gasteiger charge is 2.36. The standard InChI is InChI=1S/C33H33BrN4O7S/c1-20-21(2)24(10-9-23(20)34)35-31(40)19-45-27-11-8-22(16-28(27)43-3)17-29-32(41)38(33(42)46-29)18-30(39)36-25-6-4-5-7-26(25)37-12-14-44-15-13-37/h4-11,16-17H,12-15,18-19H2,1-3H3,(H,35,40)(H,36,39)/b29-17+. The van der Waals surface area contributed by atoms with Crippen molar-refractivity contribution in [2.45, 2.75) is 13.8 Å². The first-order valence-corrected chi connectivity index (χ1v) is 16.1. The number of benzene rings is 3. The van der Waals surface area contributed by atoms with Gasteiger partial charge in [-0.15, -0.1) is 0 Å². The average Bonchev–Trinajstić information content (AvgIpc) is 3.32. The first-order chi connectivity index (χ1) is 22.1. The highest BCUT2D eigenvalue weighted by Crippen LogP contribution is 2.35. The van der Waals surface area contributed by atoms with Gasteiger partial charge in [-0.1, -0.05) is 34.1 Å². The molecule has 5 rings (SSSR count). The number of morpholine rings is 1. The largest absolute Gasteiger partial charge is 0.493 e. The number of para-hydroxylation sites is 2. The van der Waals surface area contributed by atoms with Gasteiger partial charge >= 0.3 is 0 Å². The number of imide groups is 1. The smallest absolute Gasteiger partial charge is 0.294 e. The van der Waals surface area contributed by atoms with Crippen LogP contribution in [0.5, 0.6) is 11.5 Å². The number of hydrogen-bond acceptors (Lipinski definition) is 9. The second-order valence-electron chi connectivity index (χ2n) is 10.5. The molecule has 0 spiro atoms. The number of rotatable bonds is 10. The van der Waals surface area contributed by atoms with Crippen molar-refractivity contribution in [3.8, 4) is 11.5 Å². The molecule has 11 nitrogen and oxygen atoms in total. The Balaban J connectivity index is 1.20. The minimum Gasteiger partial charge on any atom is -0.493 e. The fourth-order valence-electron chi connectivity index (χ4n) is 4.93. The predicted octanol–water partition coefficient (Wildman–Crippen LogP) is 5.60. The Morgan fingerprint density at radius 3 is 2.46 bits per heavy atom. The zero-order valence-corrected chi connectivity index (χ0v) is 28.0. The van der Waals surface area contributed by atoms with E-state index in [4.69, 9.17) is 14.2 Å². The van der Waals surface area contributed by atoms with Gasteiger partial charge in [-0.25, -0.2) is 0 Å². The molecule has 0 bridgehead atoms. The van der Waals surface area contributed by atoms with E-state index in [-0.39, 0.29) is 17.4 Å². The number of nitrogens with one attached hydrogen (secondary N) is 2. The van der Waals surface area contributed by atoms with E-state index in [1.807, 2.05) is 44.2 Å². The molecule has 240 valence electrons. The summed E-state index contributed by atoms with van der Waals surface area (Å²) in [6.07, 6.45) is 1.55. The zero-order valence-electron chi connectivity index (χ0n) is 25.6. The van der Waals surface area contributed by atoms with Gasteiger partial charge in [-0.2, -0.15) is 0 Å². The van der Waals surface area contributed by atoms with Crippen LogP contribution in [-0.4, -0.2) is 74.4 Å². The maximum atomic E-state index is 13.1. The molecule has 46 heavy (non-hydrogen) atoms. The van der Waals surface area contributed by atoms with Crippen molar-refractivity contribution in [2.75, 3.05) is 62.1 Å². The number of carbonyl (C=O) groups is 4. The SMILES string of the molecule is COc1cc(/C=C2/SC(=O)N(CC(=O)Nc3ccccc3N3CCOCC3)C2=O)ccc1OCC(=O)Nc1ccc(Br)c(C)c1C. The molecule has 0 unspecified atom stereocenters. The number of thioether (sulfide) groups is 1. The maximum absolute atomic E-state index is 13.1. The Bertz CT molecular complexity index is 1710. The summed E-state index contributed by atoms with van der Waals surface area (Å²) in [5.74, 6) is -0.711. The molecule has 0 saturated carbocycles. The summed E-state index contributed by atoms with van der Waals surface area (Å²) in [5.41, 5.74) is 4.70. The average molecular weight is 710 g/mol. The van der Waals surface area contributed by atoms with E-state index in [1.165, 1.54) is 7.11 Å². The van der Waals surface area contributed by atoms with Gasteiger partial charge in [0.15, 0.2) is 18.1 Å². The van der Waals surface area contributed by atoms with Crippen LogP contribution in [0.25, 0.3) is 6.08 Å². The Kier molecular flexibility index (Phi) is 10.7. The molecule has 2 saturated heterocycles. The second-order valence-corrected chi connectivity index (χ2v) is 12.4. The fourth-order valence-corrected chi connectivity index (χ4v) is 6.19. The molecule has 3 aromatic carbocycles. The number of nitrogens with zero attached hydrogens (tertiary/aromatic N) is 2. The first kappa shape index (κ1) is 33.0. The molecule has 0 aromatic heterocycles. The van der Waals surface area contributed by atoms with E-state index >= 15 is 0 Å². The van der Waals surface area contributed by atoms with Crippen molar-refractivity contribution in [2.24, 2.45) is 0 Å². The Morgan fingerprint density at radius 1 is 0.957 bits per heavy atom. The van der Waals surface area contributed by atoms with E-state index in [1.54, 1.807) is 30.3 Å². The normalized spacial score (nSPS) is 15.7. The summed E-state index contributed by atoms with van der Waals surface area (Å²) in [7, 11) is 1.46. The maximum Gasteiger partial charge on any atom is 0.294 e. The van der Waals surface area contributed by atoms with Gasteiger partial charge in [0.25, 0.3) is 17.1 Å². The number of amides is 4. The molecular weight excluding hydrogens is 676 g/mol. The quantitative estimate of drug-likeness (QED) is 0.259. The van der Waals surface area contributed by atoms with Crippen LogP contribution in [0.1, 0.15) is 16.7 Å². The fraction of sp³-hybridized carbons (Fsp3) is 0.273. The third-order valence-electron chi connectivity index (χ3n) is 7.54. The van der Waals surface area contributed by atoms with E-state index in [0.29, 0.717) is 54.7 Å². The number of carbonyl (C=O) groups excluding carboxylic acids is 4. The molecular formula is C33H33BrN4O7S. The van der Waals surface area contributed by atoms with Crippen molar-refractivity contribution in [1.82, 2.24) is 4.90 Å². The summed E-state index contributed by atoms with van der Waals surface area (Å²) in [5, 5.41) is 5.16. The molecule has 0 atom stereocenters. The minimum absolute atomic E-state index is 0.168.